The molecule has 0 unspecified atom stereocenters. The number of nitrogens with zero attached hydrogens (tertiary/aromatic N) is 4. The fourth-order valence-electron chi connectivity index (χ4n) is 4.56. The summed E-state index contributed by atoms with van der Waals surface area (Å²) in [4.78, 5) is 28.7. The first-order valence-corrected chi connectivity index (χ1v) is 13.7. The fraction of sp³-hybridized carbons (Fsp3) is 0.310. The van der Waals surface area contributed by atoms with E-state index in [1.54, 1.807) is 18.5 Å². The first kappa shape index (κ1) is 25.0. The zero-order valence-corrected chi connectivity index (χ0v) is 21.8. The molecule has 5 rings (SSSR count). The largest absolute Gasteiger partial charge is 0.455 e. The number of carbonyl (C=O) groups excluding carboxylic acids is 1. The third-order valence-corrected chi connectivity index (χ3v) is 7.52. The maximum atomic E-state index is 12.5. The van der Waals surface area contributed by atoms with Crippen molar-refractivity contribution in [2.24, 2.45) is 0 Å². The Hall–Kier alpha value is -3.65. The maximum absolute atomic E-state index is 12.5. The highest BCUT2D eigenvalue weighted by Crippen LogP contribution is 2.30. The van der Waals surface area contributed by atoms with Gasteiger partial charge in [-0.1, -0.05) is 67.4 Å². The topological polar surface area (TPSA) is 84.2 Å². The van der Waals surface area contributed by atoms with Crippen LogP contribution in [-0.2, 0) is 12.3 Å². The molecule has 1 aliphatic carbocycles. The Morgan fingerprint density at radius 2 is 1.89 bits per heavy atom. The van der Waals surface area contributed by atoms with Crippen LogP contribution in [0.15, 0.2) is 82.6 Å². The van der Waals surface area contributed by atoms with Gasteiger partial charge in [0.2, 0.25) is 0 Å². The summed E-state index contributed by atoms with van der Waals surface area (Å²) in [6.45, 7) is 0.398. The van der Waals surface area contributed by atoms with Crippen LogP contribution in [0.1, 0.15) is 54.0 Å². The summed E-state index contributed by atoms with van der Waals surface area (Å²) in [7, 11) is 2.14. The number of benzene rings is 1. The van der Waals surface area contributed by atoms with Crippen molar-refractivity contribution in [2.75, 3.05) is 11.9 Å². The molecule has 37 heavy (non-hydrogen) atoms. The second-order valence-corrected chi connectivity index (χ2v) is 10.2. The Bertz CT molecular complexity index is 1310. The molecule has 3 aromatic heterocycles. The number of hydrogen-bond acceptors (Lipinski definition) is 7. The van der Waals surface area contributed by atoms with Gasteiger partial charge in [0, 0.05) is 43.7 Å². The highest BCUT2D eigenvalue weighted by molar-refractivity contribution is 7.98. The van der Waals surface area contributed by atoms with Crippen molar-refractivity contribution in [3.63, 3.8) is 0 Å². The number of rotatable bonds is 9. The first-order valence-electron chi connectivity index (χ1n) is 12.7. The molecule has 190 valence electrons. The van der Waals surface area contributed by atoms with Crippen LogP contribution in [0.4, 0.5) is 5.82 Å². The third kappa shape index (κ3) is 6.57. The van der Waals surface area contributed by atoms with Crippen LogP contribution in [0.2, 0.25) is 0 Å². The van der Waals surface area contributed by atoms with E-state index in [0.29, 0.717) is 29.3 Å². The summed E-state index contributed by atoms with van der Waals surface area (Å²) in [5.74, 6) is 2.21. The first-order chi connectivity index (χ1) is 18.2. The summed E-state index contributed by atoms with van der Waals surface area (Å²) in [6, 6.07) is 20.1. The van der Waals surface area contributed by atoms with Crippen molar-refractivity contribution in [1.29, 1.82) is 0 Å². The molecule has 0 spiro atoms. The predicted octanol–water partition coefficient (Wildman–Crippen LogP) is 6.12. The van der Waals surface area contributed by atoms with Gasteiger partial charge in [0.25, 0.3) is 5.91 Å². The monoisotopic (exact) mass is 513 g/mol. The number of amides is 1. The van der Waals surface area contributed by atoms with Crippen molar-refractivity contribution in [3.05, 3.63) is 90.1 Å². The number of anilines is 1. The Morgan fingerprint density at radius 1 is 1.05 bits per heavy atom. The number of thioether (sulfide) groups is 1. The smallest absolute Gasteiger partial charge is 0.287 e. The van der Waals surface area contributed by atoms with E-state index in [9.17, 15) is 4.79 Å². The SMILES string of the molecule is CN(c1cc(-c2ccccc2)nc(SCc2ccc(C(=O)NCc3cccnc3)o2)n1)C1CCCCC1. The molecule has 0 radical (unpaired) electrons. The molecule has 3 heterocycles. The molecule has 1 aromatic carbocycles. The lowest BCUT2D eigenvalue weighted by atomic mass is 9.94. The molecule has 1 fully saturated rings. The van der Waals surface area contributed by atoms with Gasteiger partial charge in [-0.2, -0.15) is 0 Å². The van der Waals surface area contributed by atoms with Crippen LogP contribution >= 0.6 is 11.8 Å². The number of nitrogens with one attached hydrogen (secondary N) is 1. The predicted molar refractivity (Wildman–Crippen MR) is 146 cm³/mol. The van der Waals surface area contributed by atoms with Gasteiger partial charge in [-0.3, -0.25) is 9.78 Å². The molecule has 0 atom stereocenters. The molecule has 0 saturated heterocycles. The van der Waals surface area contributed by atoms with E-state index in [-0.39, 0.29) is 11.7 Å². The number of carbonyl (C=O) groups is 1. The quantitative estimate of drug-likeness (QED) is 0.213. The number of pyridine rings is 1. The molecule has 1 amide bonds. The van der Waals surface area contributed by atoms with Gasteiger partial charge < -0.3 is 14.6 Å². The molecule has 1 aliphatic rings. The van der Waals surface area contributed by atoms with E-state index in [0.717, 1.165) is 22.6 Å². The Balaban J connectivity index is 1.28. The van der Waals surface area contributed by atoms with Crippen LogP contribution in [0.25, 0.3) is 11.3 Å². The second kappa shape index (κ2) is 12.1. The maximum Gasteiger partial charge on any atom is 0.287 e. The molecule has 0 bridgehead atoms. The molecule has 8 heteroatoms. The lowest BCUT2D eigenvalue weighted by Gasteiger charge is -2.32. The average molecular weight is 514 g/mol. The molecule has 1 saturated carbocycles. The van der Waals surface area contributed by atoms with Gasteiger partial charge in [-0.15, -0.1) is 0 Å². The Labute approximate surface area is 221 Å². The van der Waals surface area contributed by atoms with Crippen molar-refractivity contribution in [1.82, 2.24) is 20.3 Å². The van der Waals surface area contributed by atoms with E-state index in [2.05, 4.69) is 40.4 Å². The summed E-state index contributed by atoms with van der Waals surface area (Å²) in [5.41, 5.74) is 2.91. The number of aromatic nitrogens is 3. The zero-order chi connectivity index (χ0) is 25.5. The second-order valence-electron chi connectivity index (χ2n) is 9.26. The van der Waals surface area contributed by atoms with Crippen molar-refractivity contribution >= 4 is 23.5 Å². The zero-order valence-electron chi connectivity index (χ0n) is 21.0. The van der Waals surface area contributed by atoms with Crippen molar-refractivity contribution < 1.29 is 9.21 Å². The van der Waals surface area contributed by atoms with Gasteiger partial charge in [-0.25, -0.2) is 9.97 Å². The van der Waals surface area contributed by atoms with Gasteiger partial charge in [-0.05, 0) is 36.6 Å². The van der Waals surface area contributed by atoms with E-state index < -0.39 is 0 Å². The lowest BCUT2D eigenvalue weighted by molar-refractivity contribution is 0.0921. The van der Waals surface area contributed by atoms with Crippen LogP contribution in [0.5, 0.6) is 0 Å². The third-order valence-electron chi connectivity index (χ3n) is 6.65. The number of furan rings is 1. The van der Waals surface area contributed by atoms with E-state index >= 15 is 0 Å². The fourth-order valence-corrected chi connectivity index (χ4v) is 5.30. The summed E-state index contributed by atoms with van der Waals surface area (Å²) >= 11 is 1.51. The van der Waals surface area contributed by atoms with Gasteiger partial charge in [0.15, 0.2) is 10.9 Å². The van der Waals surface area contributed by atoms with Crippen LogP contribution in [0, 0.1) is 0 Å². The van der Waals surface area contributed by atoms with Crippen molar-refractivity contribution in [2.45, 2.75) is 55.6 Å². The van der Waals surface area contributed by atoms with Crippen LogP contribution in [0.3, 0.4) is 0 Å². The van der Waals surface area contributed by atoms with Gasteiger partial charge in [0.05, 0.1) is 11.4 Å². The average Bonchev–Trinajstić information content (AvgIpc) is 3.45. The standard InChI is InChI=1S/C29H31N5O2S/c1-34(23-12-6-3-7-13-23)27-17-25(22-10-4-2-5-11-22)32-29(33-27)37-20-24-14-15-26(36-24)28(35)31-19-21-9-8-16-30-18-21/h2,4-5,8-11,14-18,23H,3,6-7,12-13,19-20H2,1H3,(H,31,35). The number of hydrogen-bond donors (Lipinski definition) is 1. The molecule has 4 aromatic rings. The van der Waals surface area contributed by atoms with Gasteiger partial charge >= 0.3 is 0 Å². The molecule has 1 N–H and O–H groups in total. The summed E-state index contributed by atoms with van der Waals surface area (Å²) < 4.78 is 5.83. The molecular formula is C29H31N5O2S. The Kier molecular flexibility index (Phi) is 8.15. The summed E-state index contributed by atoms with van der Waals surface area (Å²) in [5, 5.41) is 3.56. The normalized spacial score (nSPS) is 13.9. The minimum atomic E-state index is -0.251. The molecule has 7 nitrogen and oxygen atoms in total. The highest BCUT2D eigenvalue weighted by atomic mass is 32.2. The van der Waals surface area contributed by atoms with E-state index in [4.69, 9.17) is 14.4 Å². The van der Waals surface area contributed by atoms with Crippen LogP contribution in [-0.4, -0.2) is 33.9 Å². The van der Waals surface area contributed by atoms with Gasteiger partial charge in [0.1, 0.15) is 11.6 Å². The lowest BCUT2D eigenvalue weighted by Crippen LogP contribution is -2.34. The minimum Gasteiger partial charge on any atom is -0.455 e. The van der Waals surface area contributed by atoms with E-state index in [1.165, 1.54) is 43.9 Å². The highest BCUT2D eigenvalue weighted by Gasteiger charge is 2.21. The van der Waals surface area contributed by atoms with Crippen molar-refractivity contribution in [3.8, 4) is 11.3 Å². The summed E-state index contributed by atoms with van der Waals surface area (Å²) in [6.07, 6.45) is 9.68. The molecule has 0 aliphatic heterocycles. The van der Waals surface area contributed by atoms with E-state index in [1.807, 2.05) is 36.4 Å². The van der Waals surface area contributed by atoms with Crippen LogP contribution < -0.4 is 10.2 Å². The molecular weight excluding hydrogens is 482 g/mol. The Morgan fingerprint density at radius 3 is 2.68 bits per heavy atom. The minimum absolute atomic E-state index is 0.251.